The first-order valence-corrected chi connectivity index (χ1v) is 6.88. The molecule has 2 nitrogen and oxygen atoms in total. The number of benzene rings is 1. The molecule has 0 amide bonds. The lowest BCUT2D eigenvalue weighted by molar-refractivity contribution is 0.543. The second-order valence-electron chi connectivity index (χ2n) is 5.54. The highest BCUT2D eigenvalue weighted by atomic mass is 15.1. The zero-order valence-electron chi connectivity index (χ0n) is 10.7. The van der Waals surface area contributed by atoms with Crippen molar-refractivity contribution in [3.05, 3.63) is 29.3 Å². The van der Waals surface area contributed by atoms with E-state index in [4.69, 9.17) is 0 Å². The predicted molar refractivity (Wildman–Crippen MR) is 72.7 cm³/mol. The third kappa shape index (κ3) is 2.32. The van der Waals surface area contributed by atoms with Crippen molar-refractivity contribution in [2.24, 2.45) is 5.92 Å². The minimum Gasteiger partial charge on any atom is -0.371 e. The summed E-state index contributed by atoms with van der Waals surface area (Å²) >= 11 is 0. The molecule has 92 valence electrons. The van der Waals surface area contributed by atoms with Crippen LogP contribution < -0.4 is 10.2 Å². The summed E-state index contributed by atoms with van der Waals surface area (Å²) in [7, 11) is 0. The van der Waals surface area contributed by atoms with Gasteiger partial charge in [0.25, 0.3) is 0 Å². The van der Waals surface area contributed by atoms with Gasteiger partial charge in [0, 0.05) is 18.8 Å². The van der Waals surface area contributed by atoms with E-state index in [1.807, 2.05) is 0 Å². The van der Waals surface area contributed by atoms with Crippen LogP contribution in [0.5, 0.6) is 0 Å². The van der Waals surface area contributed by atoms with Gasteiger partial charge in [-0.15, -0.1) is 0 Å². The van der Waals surface area contributed by atoms with E-state index >= 15 is 0 Å². The number of hydrogen-bond acceptors (Lipinski definition) is 2. The van der Waals surface area contributed by atoms with Crippen molar-refractivity contribution in [2.75, 3.05) is 31.1 Å². The molecule has 0 spiro atoms. The van der Waals surface area contributed by atoms with Crippen LogP contribution in [0, 0.1) is 12.8 Å². The van der Waals surface area contributed by atoms with Gasteiger partial charge in [-0.05, 0) is 56.8 Å². The van der Waals surface area contributed by atoms with Crippen LogP contribution in [0.25, 0.3) is 0 Å². The van der Waals surface area contributed by atoms with Crippen molar-refractivity contribution >= 4 is 5.69 Å². The van der Waals surface area contributed by atoms with E-state index in [-0.39, 0.29) is 0 Å². The second-order valence-corrected chi connectivity index (χ2v) is 5.54. The Labute approximate surface area is 104 Å². The minimum atomic E-state index is 0.849. The maximum atomic E-state index is 3.47. The van der Waals surface area contributed by atoms with Gasteiger partial charge in [0.05, 0.1) is 0 Å². The molecule has 1 aromatic rings. The molecule has 1 atom stereocenters. The van der Waals surface area contributed by atoms with Gasteiger partial charge in [-0.25, -0.2) is 0 Å². The smallest absolute Gasteiger partial charge is 0.0399 e. The van der Waals surface area contributed by atoms with Crippen molar-refractivity contribution in [1.82, 2.24) is 5.32 Å². The number of hydrogen-bond donors (Lipinski definition) is 1. The molecular weight excluding hydrogens is 208 g/mol. The number of rotatable bonds is 2. The van der Waals surface area contributed by atoms with Crippen molar-refractivity contribution < 1.29 is 0 Å². The van der Waals surface area contributed by atoms with Crippen LogP contribution in [-0.2, 0) is 6.42 Å². The largest absolute Gasteiger partial charge is 0.371 e. The van der Waals surface area contributed by atoms with Gasteiger partial charge in [0.2, 0.25) is 0 Å². The van der Waals surface area contributed by atoms with Crippen molar-refractivity contribution in [2.45, 2.75) is 26.2 Å². The fourth-order valence-corrected chi connectivity index (χ4v) is 3.18. The molecule has 1 unspecified atom stereocenters. The molecular formula is C15H22N2. The van der Waals surface area contributed by atoms with Crippen LogP contribution >= 0.6 is 0 Å². The number of anilines is 1. The van der Waals surface area contributed by atoms with Crippen LogP contribution in [-0.4, -0.2) is 26.2 Å². The fraction of sp³-hybridized carbons (Fsp3) is 0.600. The van der Waals surface area contributed by atoms with Gasteiger partial charge >= 0.3 is 0 Å². The second kappa shape index (κ2) is 4.69. The number of aryl methyl sites for hydroxylation is 2. The Bertz CT molecular complexity index is 394. The van der Waals surface area contributed by atoms with E-state index in [0.717, 1.165) is 5.92 Å². The highest BCUT2D eigenvalue weighted by molar-refractivity contribution is 5.56. The SMILES string of the molecule is Cc1ccc2c(c1)CCCN2CC1CCNC1. The van der Waals surface area contributed by atoms with E-state index in [1.54, 1.807) is 5.56 Å². The van der Waals surface area contributed by atoms with E-state index in [9.17, 15) is 0 Å². The Morgan fingerprint density at radius 3 is 3.18 bits per heavy atom. The average molecular weight is 230 g/mol. The Kier molecular flexibility index (Phi) is 3.06. The molecule has 1 N–H and O–H groups in total. The normalized spacial score (nSPS) is 23.8. The van der Waals surface area contributed by atoms with Gasteiger partial charge in [-0.3, -0.25) is 0 Å². The topological polar surface area (TPSA) is 15.3 Å². The molecule has 1 saturated heterocycles. The maximum absolute atomic E-state index is 3.47. The van der Waals surface area contributed by atoms with Crippen LogP contribution in [0.15, 0.2) is 18.2 Å². The van der Waals surface area contributed by atoms with Crippen molar-refractivity contribution in [3.8, 4) is 0 Å². The third-order valence-electron chi connectivity index (χ3n) is 4.09. The summed E-state index contributed by atoms with van der Waals surface area (Å²) in [5.74, 6) is 0.849. The number of nitrogens with one attached hydrogen (secondary N) is 1. The first kappa shape index (κ1) is 11.1. The molecule has 0 aromatic heterocycles. The molecule has 0 bridgehead atoms. The number of fused-ring (bicyclic) bond motifs is 1. The Balaban J connectivity index is 1.78. The first-order chi connectivity index (χ1) is 8.33. The zero-order valence-corrected chi connectivity index (χ0v) is 10.7. The van der Waals surface area contributed by atoms with Gasteiger partial charge in [0.15, 0.2) is 0 Å². The minimum absolute atomic E-state index is 0.849. The summed E-state index contributed by atoms with van der Waals surface area (Å²) in [6.07, 6.45) is 3.92. The van der Waals surface area contributed by atoms with Gasteiger partial charge in [-0.2, -0.15) is 0 Å². The quantitative estimate of drug-likeness (QED) is 0.839. The van der Waals surface area contributed by atoms with Crippen LogP contribution in [0.2, 0.25) is 0 Å². The molecule has 2 aliphatic rings. The average Bonchev–Trinajstić information content (AvgIpc) is 2.82. The maximum Gasteiger partial charge on any atom is 0.0399 e. The van der Waals surface area contributed by atoms with Crippen LogP contribution in [0.1, 0.15) is 24.0 Å². The summed E-state index contributed by atoms with van der Waals surface area (Å²) in [6, 6.07) is 6.95. The lowest BCUT2D eigenvalue weighted by Gasteiger charge is -2.33. The Hall–Kier alpha value is -1.02. The van der Waals surface area contributed by atoms with Crippen molar-refractivity contribution in [1.29, 1.82) is 0 Å². The lowest BCUT2D eigenvalue weighted by Crippen LogP contribution is -2.34. The molecule has 2 heterocycles. The summed E-state index contributed by atoms with van der Waals surface area (Å²) in [4.78, 5) is 2.61. The van der Waals surface area contributed by atoms with Gasteiger partial charge < -0.3 is 10.2 Å². The molecule has 1 fully saturated rings. The van der Waals surface area contributed by atoms with E-state index in [0.29, 0.717) is 0 Å². The highest BCUT2D eigenvalue weighted by Crippen LogP contribution is 2.29. The molecule has 0 saturated carbocycles. The van der Waals surface area contributed by atoms with Crippen molar-refractivity contribution in [3.63, 3.8) is 0 Å². The Morgan fingerprint density at radius 1 is 1.41 bits per heavy atom. The third-order valence-corrected chi connectivity index (χ3v) is 4.09. The van der Waals surface area contributed by atoms with E-state index in [2.05, 4.69) is 35.3 Å². The number of nitrogens with zero attached hydrogens (tertiary/aromatic N) is 1. The van der Waals surface area contributed by atoms with Crippen LogP contribution in [0.4, 0.5) is 5.69 Å². The van der Waals surface area contributed by atoms with E-state index in [1.165, 1.54) is 56.7 Å². The molecule has 0 radical (unpaired) electrons. The van der Waals surface area contributed by atoms with E-state index < -0.39 is 0 Å². The Morgan fingerprint density at radius 2 is 2.35 bits per heavy atom. The van der Waals surface area contributed by atoms with Gasteiger partial charge in [-0.1, -0.05) is 17.7 Å². The van der Waals surface area contributed by atoms with Crippen LogP contribution in [0.3, 0.4) is 0 Å². The summed E-state index contributed by atoms with van der Waals surface area (Å²) in [6.45, 7) is 7.09. The monoisotopic (exact) mass is 230 g/mol. The molecule has 17 heavy (non-hydrogen) atoms. The summed E-state index contributed by atoms with van der Waals surface area (Å²) < 4.78 is 0. The summed E-state index contributed by atoms with van der Waals surface area (Å²) in [5.41, 5.74) is 4.45. The summed E-state index contributed by atoms with van der Waals surface area (Å²) in [5, 5.41) is 3.47. The molecule has 3 rings (SSSR count). The van der Waals surface area contributed by atoms with Gasteiger partial charge in [0.1, 0.15) is 0 Å². The highest BCUT2D eigenvalue weighted by Gasteiger charge is 2.22. The zero-order chi connectivity index (χ0) is 11.7. The molecule has 1 aromatic carbocycles. The lowest BCUT2D eigenvalue weighted by atomic mass is 9.98. The predicted octanol–water partition coefficient (Wildman–Crippen LogP) is 2.36. The first-order valence-electron chi connectivity index (χ1n) is 6.88. The molecule has 2 heteroatoms. The standard InChI is InChI=1S/C15H22N2/c1-12-4-5-15-14(9-12)3-2-8-17(15)11-13-6-7-16-10-13/h4-5,9,13,16H,2-3,6-8,10-11H2,1H3. The molecule has 2 aliphatic heterocycles. The fourth-order valence-electron chi connectivity index (χ4n) is 3.18. The molecule has 0 aliphatic carbocycles.